The summed E-state index contributed by atoms with van der Waals surface area (Å²) in [5.41, 5.74) is 7.57. The van der Waals surface area contributed by atoms with Crippen LogP contribution in [-0.2, 0) is 0 Å². The highest BCUT2D eigenvalue weighted by atomic mass is 35.5. The van der Waals surface area contributed by atoms with Gasteiger partial charge in [0.25, 0.3) is 0 Å². The van der Waals surface area contributed by atoms with Crippen LogP contribution in [0, 0.1) is 0 Å². The molecule has 4 heteroatoms. The zero-order chi connectivity index (χ0) is 9.42. The molecular formula is C9H9ClN2O. The van der Waals surface area contributed by atoms with Gasteiger partial charge in [-0.25, -0.2) is 0 Å². The van der Waals surface area contributed by atoms with Crippen LogP contribution in [0.15, 0.2) is 12.1 Å². The Morgan fingerprint density at radius 3 is 3.00 bits per heavy atom. The van der Waals surface area contributed by atoms with Crippen LogP contribution in [0.25, 0.3) is 0 Å². The lowest BCUT2D eigenvalue weighted by molar-refractivity contribution is 0.0984. The standard InChI is InChI=1S/C9H9ClN2O/c10-5-3-6-8(13)1-2-12-9(6)7(11)4-5/h3-4,12H,1-2,11H2. The Balaban J connectivity index is 2.63. The first-order valence-electron chi connectivity index (χ1n) is 4.04. The summed E-state index contributed by atoms with van der Waals surface area (Å²) in [6, 6.07) is 3.30. The number of rotatable bonds is 0. The predicted molar refractivity (Wildman–Crippen MR) is 53.3 cm³/mol. The van der Waals surface area contributed by atoms with E-state index in [1.165, 1.54) is 0 Å². The third-order valence-electron chi connectivity index (χ3n) is 2.09. The van der Waals surface area contributed by atoms with Crippen molar-refractivity contribution >= 4 is 28.8 Å². The second-order valence-corrected chi connectivity index (χ2v) is 3.45. The molecule has 1 aromatic rings. The van der Waals surface area contributed by atoms with Gasteiger partial charge in [-0.2, -0.15) is 0 Å². The number of ketones is 1. The molecule has 2 rings (SSSR count). The van der Waals surface area contributed by atoms with Gasteiger partial charge in [-0.1, -0.05) is 11.6 Å². The average Bonchev–Trinajstić information content (AvgIpc) is 2.07. The maximum atomic E-state index is 11.4. The molecule has 0 saturated carbocycles. The van der Waals surface area contributed by atoms with Crippen molar-refractivity contribution in [1.29, 1.82) is 0 Å². The Morgan fingerprint density at radius 2 is 2.23 bits per heavy atom. The topological polar surface area (TPSA) is 55.1 Å². The number of nitrogens with one attached hydrogen (secondary N) is 1. The monoisotopic (exact) mass is 196 g/mol. The first-order valence-corrected chi connectivity index (χ1v) is 4.42. The lowest BCUT2D eigenvalue weighted by Gasteiger charge is -2.18. The van der Waals surface area contributed by atoms with Gasteiger partial charge in [0, 0.05) is 23.6 Å². The van der Waals surface area contributed by atoms with Crippen molar-refractivity contribution in [3.8, 4) is 0 Å². The molecule has 0 saturated heterocycles. The van der Waals surface area contributed by atoms with Crippen molar-refractivity contribution in [1.82, 2.24) is 0 Å². The number of benzene rings is 1. The molecule has 68 valence electrons. The normalized spacial score (nSPS) is 15.0. The highest BCUT2D eigenvalue weighted by Crippen LogP contribution is 2.31. The minimum Gasteiger partial charge on any atom is -0.397 e. The van der Waals surface area contributed by atoms with E-state index in [4.69, 9.17) is 17.3 Å². The Morgan fingerprint density at radius 1 is 1.46 bits per heavy atom. The van der Waals surface area contributed by atoms with E-state index in [0.717, 1.165) is 5.69 Å². The van der Waals surface area contributed by atoms with E-state index in [-0.39, 0.29) is 5.78 Å². The molecule has 0 radical (unpaired) electrons. The van der Waals surface area contributed by atoms with Crippen molar-refractivity contribution in [3.63, 3.8) is 0 Å². The van der Waals surface area contributed by atoms with Crippen LogP contribution in [-0.4, -0.2) is 12.3 Å². The molecule has 1 heterocycles. The Hall–Kier alpha value is -1.22. The van der Waals surface area contributed by atoms with Gasteiger partial charge >= 0.3 is 0 Å². The van der Waals surface area contributed by atoms with Crippen LogP contribution >= 0.6 is 11.6 Å². The van der Waals surface area contributed by atoms with Crippen molar-refractivity contribution < 1.29 is 4.79 Å². The number of Topliss-reactive ketones (excluding diaryl/α,β-unsaturated/α-hetero) is 1. The molecule has 13 heavy (non-hydrogen) atoms. The fourth-order valence-electron chi connectivity index (χ4n) is 1.48. The Bertz CT molecular complexity index is 376. The second-order valence-electron chi connectivity index (χ2n) is 3.02. The molecule has 0 bridgehead atoms. The van der Waals surface area contributed by atoms with Gasteiger partial charge in [0.1, 0.15) is 0 Å². The Labute approximate surface area is 80.9 Å². The first kappa shape index (κ1) is 8.38. The summed E-state index contributed by atoms with van der Waals surface area (Å²) in [5, 5.41) is 3.59. The lowest BCUT2D eigenvalue weighted by Crippen LogP contribution is -2.19. The van der Waals surface area contributed by atoms with Crippen LogP contribution in [0.4, 0.5) is 11.4 Å². The Kier molecular flexibility index (Phi) is 1.88. The first-order chi connectivity index (χ1) is 6.18. The number of anilines is 2. The van der Waals surface area contributed by atoms with E-state index < -0.39 is 0 Å². The summed E-state index contributed by atoms with van der Waals surface area (Å²) in [7, 11) is 0. The zero-order valence-electron chi connectivity index (χ0n) is 6.93. The van der Waals surface area contributed by atoms with Crippen LogP contribution in [0.3, 0.4) is 0 Å². The van der Waals surface area contributed by atoms with Crippen molar-refractivity contribution in [2.45, 2.75) is 6.42 Å². The molecule has 3 N–H and O–H groups in total. The van der Waals surface area contributed by atoms with Gasteiger partial charge in [0.05, 0.1) is 11.4 Å². The highest BCUT2D eigenvalue weighted by molar-refractivity contribution is 6.31. The third kappa shape index (κ3) is 1.35. The average molecular weight is 197 g/mol. The van der Waals surface area contributed by atoms with E-state index >= 15 is 0 Å². The summed E-state index contributed by atoms with van der Waals surface area (Å²) in [6.07, 6.45) is 0.507. The van der Waals surface area contributed by atoms with Gasteiger partial charge in [-0.3, -0.25) is 4.79 Å². The summed E-state index contributed by atoms with van der Waals surface area (Å²) in [4.78, 5) is 11.4. The minimum atomic E-state index is 0.1000. The quantitative estimate of drug-likeness (QED) is 0.624. The lowest BCUT2D eigenvalue weighted by atomic mass is 10.0. The van der Waals surface area contributed by atoms with Crippen LogP contribution in [0.1, 0.15) is 16.8 Å². The molecule has 0 spiro atoms. The number of halogens is 1. The molecule has 0 unspecified atom stereocenters. The maximum absolute atomic E-state index is 11.4. The molecule has 0 atom stereocenters. The van der Waals surface area contributed by atoms with Gasteiger partial charge < -0.3 is 11.1 Å². The predicted octanol–water partition coefficient (Wildman–Crippen LogP) is 1.92. The SMILES string of the molecule is Nc1cc(Cl)cc2c1NCCC2=O. The summed E-state index contributed by atoms with van der Waals surface area (Å²) in [5.74, 6) is 0.1000. The smallest absolute Gasteiger partial charge is 0.166 e. The second kappa shape index (κ2) is 2.92. The molecule has 1 aliphatic heterocycles. The number of hydrogen-bond acceptors (Lipinski definition) is 3. The van der Waals surface area contributed by atoms with Crippen LogP contribution in [0.5, 0.6) is 0 Å². The molecule has 1 aromatic carbocycles. The molecule has 0 aromatic heterocycles. The van der Waals surface area contributed by atoms with Gasteiger partial charge in [0.2, 0.25) is 0 Å². The number of fused-ring (bicyclic) bond motifs is 1. The third-order valence-corrected chi connectivity index (χ3v) is 2.31. The fourth-order valence-corrected chi connectivity index (χ4v) is 1.71. The number of carbonyl (C=O) groups is 1. The summed E-state index contributed by atoms with van der Waals surface area (Å²) < 4.78 is 0. The zero-order valence-corrected chi connectivity index (χ0v) is 7.69. The fraction of sp³-hybridized carbons (Fsp3) is 0.222. The molecule has 3 nitrogen and oxygen atoms in total. The maximum Gasteiger partial charge on any atom is 0.166 e. The van der Waals surface area contributed by atoms with E-state index in [0.29, 0.717) is 29.2 Å². The van der Waals surface area contributed by atoms with E-state index in [1.54, 1.807) is 12.1 Å². The largest absolute Gasteiger partial charge is 0.397 e. The molecule has 1 aliphatic rings. The highest BCUT2D eigenvalue weighted by Gasteiger charge is 2.19. The van der Waals surface area contributed by atoms with E-state index in [1.807, 2.05) is 0 Å². The van der Waals surface area contributed by atoms with Crippen LogP contribution < -0.4 is 11.1 Å². The van der Waals surface area contributed by atoms with Gasteiger partial charge in [0.15, 0.2) is 5.78 Å². The summed E-state index contributed by atoms with van der Waals surface area (Å²) >= 11 is 5.79. The van der Waals surface area contributed by atoms with E-state index in [9.17, 15) is 4.79 Å². The molecule has 0 aliphatic carbocycles. The molecule has 0 amide bonds. The number of hydrogen-bond donors (Lipinski definition) is 2. The number of carbonyl (C=O) groups excluding carboxylic acids is 1. The van der Waals surface area contributed by atoms with Crippen molar-refractivity contribution in [2.24, 2.45) is 0 Å². The van der Waals surface area contributed by atoms with Gasteiger partial charge in [-0.05, 0) is 12.1 Å². The van der Waals surface area contributed by atoms with Crippen molar-refractivity contribution in [2.75, 3.05) is 17.6 Å². The minimum absolute atomic E-state index is 0.1000. The molecule has 0 fully saturated rings. The number of nitrogen functional groups attached to an aromatic ring is 1. The van der Waals surface area contributed by atoms with Gasteiger partial charge in [-0.15, -0.1) is 0 Å². The van der Waals surface area contributed by atoms with Crippen molar-refractivity contribution in [3.05, 3.63) is 22.7 Å². The number of nitrogens with two attached hydrogens (primary N) is 1. The summed E-state index contributed by atoms with van der Waals surface area (Å²) in [6.45, 7) is 0.650. The van der Waals surface area contributed by atoms with Crippen LogP contribution in [0.2, 0.25) is 5.02 Å². The van der Waals surface area contributed by atoms with E-state index in [2.05, 4.69) is 5.32 Å². The molecular weight excluding hydrogens is 188 g/mol.